The molecule has 0 bridgehead atoms. The third-order valence-corrected chi connectivity index (χ3v) is 13.7. The fourth-order valence-electron chi connectivity index (χ4n) is 10.5. The zero-order chi connectivity index (χ0) is 45.4. The van der Waals surface area contributed by atoms with Crippen LogP contribution in [-0.4, -0.2) is 28.7 Å². The van der Waals surface area contributed by atoms with Gasteiger partial charge in [0.15, 0.2) is 0 Å². The van der Waals surface area contributed by atoms with Crippen LogP contribution in [0, 0.1) is 0 Å². The molecule has 0 aliphatic carbocycles. The van der Waals surface area contributed by atoms with E-state index in [0.717, 1.165) is 73.2 Å². The summed E-state index contributed by atoms with van der Waals surface area (Å²) in [5, 5.41) is 7.10. The highest BCUT2D eigenvalue weighted by atomic mass is 15.1. The van der Waals surface area contributed by atoms with Gasteiger partial charge in [0.05, 0.1) is 61.6 Å². The summed E-state index contributed by atoms with van der Waals surface area (Å²) in [6, 6.07) is 85.9. The van der Waals surface area contributed by atoms with Crippen LogP contribution in [0.15, 0.2) is 243 Å². The Balaban J connectivity index is 0.962. The second kappa shape index (κ2) is 15.6. The van der Waals surface area contributed by atoms with Crippen LogP contribution in [0.5, 0.6) is 0 Å². The van der Waals surface area contributed by atoms with Gasteiger partial charge in [-0.25, -0.2) is 15.0 Å². The highest BCUT2D eigenvalue weighted by Gasteiger charge is 2.20. The normalized spacial score (nSPS) is 11.8. The van der Waals surface area contributed by atoms with E-state index in [1.807, 2.05) is 0 Å². The van der Waals surface area contributed by atoms with E-state index in [1.165, 1.54) is 54.6 Å². The number of hydrogen-bond donors (Lipinski definition) is 0. The van der Waals surface area contributed by atoms with Gasteiger partial charge in [0, 0.05) is 32.3 Å². The van der Waals surface area contributed by atoms with E-state index in [9.17, 15) is 0 Å². The molecule has 6 heteroatoms. The summed E-state index contributed by atoms with van der Waals surface area (Å²) >= 11 is 0. The molecule has 6 aromatic heterocycles. The topological polar surface area (TPSA) is 53.5 Å². The number of hydrogen-bond acceptors (Lipinski definition) is 3. The lowest BCUT2D eigenvalue weighted by Gasteiger charge is -2.14. The molecule has 0 N–H and O–H groups in total. The van der Waals surface area contributed by atoms with E-state index in [4.69, 9.17) is 15.0 Å². The molecule has 6 nitrogen and oxygen atoms in total. The average Bonchev–Trinajstić information content (AvgIpc) is 4.07. The van der Waals surface area contributed by atoms with Crippen molar-refractivity contribution in [1.29, 1.82) is 0 Å². The number of rotatable bonds is 7. The van der Waals surface area contributed by atoms with Gasteiger partial charge in [-0.05, 0) is 107 Å². The first kappa shape index (κ1) is 38.8. The predicted octanol–water partition coefficient (Wildman–Crippen LogP) is 15.8. The molecule has 14 aromatic rings. The van der Waals surface area contributed by atoms with Gasteiger partial charge in [0.25, 0.3) is 0 Å². The summed E-state index contributed by atoms with van der Waals surface area (Å²) in [6.45, 7) is 0. The van der Waals surface area contributed by atoms with Crippen molar-refractivity contribution < 1.29 is 0 Å². The van der Waals surface area contributed by atoms with Crippen LogP contribution in [-0.2, 0) is 0 Å². The number of pyridine rings is 3. The van der Waals surface area contributed by atoms with E-state index in [2.05, 4.69) is 256 Å². The lowest BCUT2D eigenvalue weighted by Crippen LogP contribution is -2.03. The number of benzene rings is 8. The van der Waals surface area contributed by atoms with E-state index in [1.54, 1.807) is 0 Å². The van der Waals surface area contributed by atoms with Crippen LogP contribution in [0.2, 0.25) is 0 Å². The summed E-state index contributed by atoms with van der Waals surface area (Å²) in [7, 11) is 0. The molecule has 0 saturated carbocycles. The third-order valence-electron chi connectivity index (χ3n) is 13.7. The Hall–Kier alpha value is -9.39. The smallest absolute Gasteiger partial charge is 0.138 e. The summed E-state index contributed by atoms with van der Waals surface area (Å²) < 4.78 is 6.90. The van der Waals surface area contributed by atoms with Crippen molar-refractivity contribution in [2.75, 3.05) is 0 Å². The van der Waals surface area contributed by atoms with Crippen LogP contribution in [0.3, 0.4) is 0 Å². The average molecular weight is 881 g/mol. The molecule has 69 heavy (non-hydrogen) atoms. The zero-order valence-electron chi connectivity index (χ0n) is 37.3. The summed E-state index contributed by atoms with van der Waals surface area (Å²) in [5.41, 5.74) is 15.3. The van der Waals surface area contributed by atoms with Gasteiger partial charge in [0.2, 0.25) is 0 Å². The first-order valence-corrected chi connectivity index (χ1v) is 23.4. The van der Waals surface area contributed by atoms with Crippen molar-refractivity contribution in [2.24, 2.45) is 0 Å². The van der Waals surface area contributed by atoms with E-state index >= 15 is 0 Å². The first-order valence-electron chi connectivity index (χ1n) is 23.4. The van der Waals surface area contributed by atoms with Gasteiger partial charge < -0.3 is 4.57 Å². The van der Waals surface area contributed by atoms with Gasteiger partial charge in [-0.15, -0.1) is 0 Å². The van der Waals surface area contributed by atoms with Crippen molar-refractivity contribution in [3.05, 3.63) is 243 Å². The van der Waals surface area contributed by atoms with E-state index in [0.29, 0.717) is 0 Å². The van der Waals surface area contributed by atoms with Crippen molar-refractivity contribution in [3.63, 3.8) is 0 Å². The molecule has 6 heterocycles. The predicted molar refractivity (Wildman–Crippen MR) is 285 cm³/mol. The molecule has 322 valence electrons. The SMILES string of the molecule is c1ccc(-c2ccc3c(c2)c2ccccc2n3-c2cccc(-c3cc(-n4c5ccccc5c5ccccc54)cc(-c4cccc(-n5c6ccccc6c6cc(-c7ccccc7)ccc65)n4)n3)n2)cc1. The quantitative estimate of drug-likeness (QED) is 0.160. The second-order valence-corrected chi connectivity index (χ2v) is 17.6. The number of fused-ring (bicyclic) bond motifs is 9. The Morgan fingerprint density at radius 1 is 0.217 bits per heavy atom. The van der Waals surface area contributed by atoms with Gasteiger partial charge in [-0.1, -0.05) is 158 Å². The van der Waals surface area contributed by atoms with Crippen LogP contribution >= 0.6 is 0 Å². The van der Waals surface area contributed by atoms with E-state index in [-0.39, 0.29) is 0 Å². The molecule has 0 radical (unpaired) electrons. The molecule has 0 aliphatic heterocycles. The molecule has 0 saturated heterocycles. The molecule has 0 unspecified atom stereocenters. The summed E-state index contributed by atoms with van der Waals surface area (Å²) in [4.78, 5) is 16.4. The van der Waals surface area contributed by atoms with E-state index < -0.39 is 0 Å². The Kier molecular flexibility index (Phi) is 8.79. The number of para-hydroxylation sites is 4. The third kappa shape index (κ3) is 6.30. The Bertz CT molecular complexity index is 4040. The van der Waals surface area contributed by atoms with Crippen LogP contribution in [0.25, 0.3) is 128 Å². The molecule has 0 amide bonds. The maximum Gasteiger partial charge on any atom is 0.138 e. The monoisotopic (exact) mass is 880 g/mol. The molecule has 14 rings (SSSR count). The fraction of sp³-hybridized carbons (Fsp3) is 0. The van der Waals surface area contributed by atoms with Crippen molar-refractivity contribution in [2.45, 2.75) is 0 Å². The van der Waals surface area contributed by atoms with Crippen molar-refractivity contribution in [1.82, 2.24) is 28.7 Å². The van der Waals surface area contributed by atoms with Crippen molar-refractivity contribution >= 4 is 65.4 Å². The minimum Gasteiger partial charge on any atom is -0.309 e. The maximum atomic E-state index is 5.47. The van der Waals surface area contributed by atoms with Gasteiger partial charge in [0.1, 0.15) is 11.6 Å². The Labute approximate surface area is 397 Å². The zero-order valence-corrected chi connectivity index (χ0v) is 37.3. The Morgan fingerprint density at radius 3 is 1.01 bits per heavy atom. The van der Waals surface area contributed by atoms with Gasteiger partial charge >= 0.3 is 0 Å². The Morgan fingerprint density at radius 2 is 0.580 bits per heavy atom. The van der Waals surface area contributed by atoms with Gasteiger partial charge in [-0.3, -0.25) is 9.13 Å². The molecule has 0 spiro atoms. The molecule has 0 aliphatic rings. The maximum absolute atomic E-state index is 5.47. The minimum absolute atomic E-state index is 0.746. The largest absolute Gasteiger partial charge is 0.309 e. The number of nitrogens with zero attached hydrogens (tertiary/aromatic N) is 6. The lowest BCUT2D eigenvalue weighted by atomic mass is 10.0. The standard InChI is InChI=1S/C63H40N6/c1-3-17-41(18-4-1)43-33-35-60-50(37-43)48-23-9-13-29-58(48)68(60)62-31-15-25-52(65-62)54-39-45(67-56-27-11-7-21-46(56)47-22-8-12-28-57(47)67)40-55(64-54)53-26-16-32-63(66-53)69-59-30-14-10-24-49(59)51-38-44(34-36-61(51)69)42-19-5-2-6-20-42/h1-40H. The molecule has 0 fully saturated rings. The molecular formula is C63H40N6. The fourth-order valence-corrected chi connectivity index (χ4v) is 10.5. The molecule has 8 aromatic carbocycles. The summed E-state index contributed by atoms with van der Waals surface area (Å²) in [6.07, 6.45) is 0. The summed E-state index contributed by atoms with van der Waals surface area (Å²) in [5.74, 6) is 1.64. The molecule has 0 atom stereocenters. The van der Waals surface area contributed by atoms with Crippen molar-refractivity contribution in [3.8, 4) is 62.4 Å². The lowest BCUT2D eigenvalue weighted by molar-refractivity contribution is 1.06. The second-order valence-electron chi connectivity index (χ2n) is 17.6. The number of aromatic nitrogens is 6. The van der Waals surface area contributed by atoms with Crippen LogP contribution in [0.4, 0.5) is 0 Å². The van der Waals surface area contributed by atoms with Crippen LogP contribution in [0.1, 0.15) is 0 Å². The highest BCUT2D eigenvalue weighted by molar-refractivity contribution is 6.12. The minimum atomic E-state index is 0.746. The van der Waals surface area contributed by atoms with Crippen LogP contribution < -0.4 is 0 Å². The van der Waals surface area contributed by atoms with Gasteiger partial charge in [-0.2, -0.15) is 0 Å². The first-order chi connectivity index (χ1) is 34.2. The molecular weight excluding hydrogens is 841 g/mol. The highest BCUT2D eigenvalue weighted by Crippen LogP contribution is 2.39.